The van der Waals surface area contributed by atoms with Gasteiger partial charge >= 0.3 is 0 Å². The van der Waals surface area contributed by atoms with Gasteiger partial charge in [0.05, 0.1) is 0 Å². The normalized spacial score (nSPS) is 18.0. The number of nitrogens with two attached hydrogens (primary N) is 1. The van der Waals surface area contributed by atoms with E-state index in [1.165, 1.54) is 50.8 Å². The molecule has 0 unspecified atom stereocenters. The fourth-order valence-electron chi connectivity index (χ4n) is 2.61. The van der Waals surface area contributed by atoms with E-state index >= 15 is 0 Å². The predicted octanol–water partition coefficient (Wildman–Crippen LogP) is 3.09. The summed E-state index contributed by atoms with van der Waals surface area (Å²) in [5.74, 6) is 0. The summed E-state index contributed by atoms with van der Waals surface area (Å²) in [6.07, 6.45) is 6.77. The van der Waals surface area contributed by atoms with Gasteiger partial charge in [-0.05, 0) is 31.5 Å². The molecule has 0 atom stereocenters. The lowest BCUT2D eigenvalue weighted by molar-refractivity contribution is 0.239. The van der Waals surface area contributed by atoms with Crippen LogP contribution in [0.1, 0.15) is 43.2 Å². The molecule has 0 amide bonds. The Morgan fingerprint density at radius 1 is 1.06 bits per heavy atom. The quantitative estimate of drug-likeness (QED) is 0.849. The van der Waals surface area contributed by atoms with Crippen LogP contribution < -0.4 is 5.73 Å². The summed E-state index contributed by atoms with van der Waals surface area (Å²) >= 11 is 5.12. The van der Waals surface area contributed by atoms with Crippen LogP contribution in [0.3, 0.4) is 0 Å². The Morgan fingerprint density at radius 3 is 2.33 bits per heavy atom. The van der Waals surface area contributed by atoms with Crippen molar-refractivity contribution in [3.63, 3.8) is 0 Å². The van der Waals surface area contributed by atoms with Crippen molar-refractivity contribution < 1.29 is 0 Å². The first-order valence-electron chi connectivity index (χ1n) is 6.87. The van der Waals surface area contributed by atoms with Gasteiger partial charge in [-0.1, -0.05) is 55.7 Å². The second-order valence-corrected chi connectivity index (χ2v) is 5.51. The SMILES string of the molecule is NC(=S)c1ccccc1CN1CCCCCCC1. The van der Waals surface area contributed by atoms with Crippen LogP contribution in [0.4, 0.5) is 0 Å². The van der Waals surface area contributed by atoms with Crippen LogP contribution >= 0.6 is 12.2 Å². The third-order valence-corrected chi connectivity index (χ3v) is 3.85. The van der Waals surface area contributed by atoms with Gasteiger partial charge in [0.25, 0.3) is 0 Å². The maximum absolute atomic E-state index is 5.79. The minimum atomic E-state index is 0.512. The molecule has 98 valence electrons. The van der Waals surface area contributed by atoms with Crippen molar-refractivity contribution >= 4 is 17.2 Å². The van der Waals surface area contributed by atoms with Crippen LogP contribution in [0.25, 0.3) is 0 Å². The number of thiocarbonyl (C=S) groups is 1. The van der Waals surface area contributed by atoms with Gasteiger partial charge in [0.1, 0.15) is 4.99 Å². The van der Waals surface area contributed by atoms with Crippen LogP contribution in [0.5, 0.6) is 0 Å². The zero-order valence-electron chi connectivity index (χ0n) is 10.9. The lowest BCUT2D eigenvalue weighted by atomic mass is 10.0. The van der Waals surface area contributed by atoms with E-state index in [1.54, 1.807) is 0 Å². The monoisotopic (exact) mass is 262 g/mol. The molecule has 1 fully saturated rings. The molecule has 1 aromatic carbocycles. The third-order valence-electron chi connectivity index (χ3n) is 3.63. The van der Waals surface area contributed by atoms with E-state index in [0.29, 0.717) is 4.99 Å². The Labute approximate surface area is 115 Å². The Balaban J connectivity index is 2.05. The number of nitrogens with zero attached hydrogens (tertiary/aromatic N) is 1. The maximum atomic E-state index is 5.79. The Hall–Kier alpha value is -0.930. The molecule has 0 radical (unpaired) electrons. The fraction of sp³-hybridized carbons (Fsp3) is 0.533. The van der Waals surface area contributed by atoms with Crippen molar-refractivity contribution in [1.29, 1.82) is 0 Å². The largest absolute Gasteiger partial charge is 0.389 e. The maximum Gasteiger partial charge on any atom is 0.104 e. The molecule has 1 aliphatic rings. The predicted molar refractivity (Wildman–Crippen MR) is 80.7 cm³/mol. The topological polar surface area (TPSA) is 29.3 Å². The van der Waals surface area contributed by atoms with Gasteiger partial charge in [-0.15, -0.1) is 0 Å². The average Bonchev–Trinajstić information content (AvgIpc) is 2.33. The Kier molecular flexibility index (Phi) is 5.14. The van der Waals surface area contributed by atoms with E-state index < -0.39 is 0 Å². The lowest BCUT2D eigenvalue weighted by Gasteiger charge is -2.25. The number of hydrogen-bond donors (Lipinski definition) is 1. The first-order chi connectivity index (χ1) is 8.77. The molecule has 0 bridgehead atoms. The van der Waals surface area contributed by atoms with Crippen LogP contribution in [0, 0.1) is 0 Å². The van der Waals surface area contributed by atoms with Crippen molar-refractivity contribution in [2.24, 2.45) is 5.73 Å². The zero-order valence-corrected chi connectivity index (χ0v) is 11.7. The minimum Gasteiger partial charge on any atom is -0.389 e. The minimum absolute atomic E-state index is 0.512. The van der Waals surface area contributed by atoms with E-state index in [4.69, 9.17) is 18.0 Å². The summed E-state index contributed by atoms with van der Waals surface area (Å²) in [6, 6.07) is 8.25. The fourth-order valence-corrected chi connectivity index (χ4v) is 2.81. The lowest BCUT2D eigenvalue weighted by Crippen LogP contribution is -2.28. The standard InChI is InChI=1S/C15H22N2S/c16-15(18)14-9-5-4-8-13(14)12-17-10-6-2-1-3-7-11-17/h4-5,8-9H,1-3,6-7,10-12H2,(H2,16,18). The highest BCUT2D eigenvalue weighted by Gasteiger charge is 2.11. The second kappa shape index (κ2) is 6.86. The smallest absolute Gasteiger partial charge is 0.104 e. The third kappa shape index (κ3) is 3.79. The second-order valence-electron chi connectivity index (χ2n) is 5.07. The summed E-state index contributed by atoms with van der Waals surface area (Å²) in [5, 5.41) is 0. The number of hydrogen-bond acceptors (Lipinski definition) is 2. The highest BCUT2D eigenvalue weighted by molar-refractivity contribution is 7.80. The molecule has 0 aromatic heterocycles. The number of rotatable bonds is 3. The summed E-state index contributed by atoms with van der Waals surface area (Å²) in [4.78, 5) is 3.05. The average molecular weight is 262 g/mol. The van der Waals surface area contributed by atoms with E-state index in [-0.39, 0.29) is 0 Å². The highest BCUT2D eigenvalue weighted by atomic mass is 32.1. The highest BCUT2D eigenvalue weighted by Crippen LogP contribution is 2.16. The number of likely N-dealkylation sites (tertiary alicyclic amines) is 1. The first-order valence-corrected chi connectivity index (χ1v) is 7.28. The summed E-state index contributed by atoms with van der Waals surface area (Å²) < 4.78 is 0. The van der Waals surface area contributed by atoms with E-state index in [2.05, 4.69) is 17.0 Å². The van der Waals surface area contributed by atoms with Gasteiger partial charge in [0.2, 0.25) is 0 Å². The molecule has 0 aliphatic carbocycles. The summed E-state index contributed by atoms with van der Waals surface area (Å²) in [5.41, 5.74) is 8.09. The van der Waals surface area contributed by atoms with E-state index in [0.717, 1.165) is 12.1 Å². The van der Waals surface area contributed by atoms with Crippen molar-refractivity contribution in [3.05, 3.63) is 35.4 Å². The molecule has 3 heteroatoms. The molecule has 18 heavy (non-hydrogen) atoms. The molecule has 1 aliphatic heterocycles. The van der Waals surface area contributed by atoms with Gasteiger partial charge in [0, 0.05) is 12.1 Å². The molecule has 0 saturated carbocycles. The Bertz CT molecular complexity index is 395. The van der Waals surface area contributed by atoms with Crippen LogP contribution in [0.15, 0.2) is 24.3 Å². The van der Waals surface area contributed by atoms with Crippen molar-refractivity contribution in [2.45, 2.75) is 38.6 Å². The molecular weight excluding hydrogens is 240 g/mol. The van der Waals surface area contributed by atoms with Gasteiger partial charge < -0.3 is 5.73 Å². The van der Waals surface area contributed by atoms with Gasteiger partial charge in [-0.3, -0.25) is 4.90 Å². The van der Waals surface area contributed by atoms with Crippen molar-refractivity contribution in [1.82, 2.24) is 4.90 Å². The molecule has 1 heterocycles. The van der Waals surface area contributed by atoms with Gasteiger partial charge in [-0.2, -0.15) is 0 Å². The molecule has 2 N–H and O–H groups in total. The van der Waals surface area contributed by atoms with Crippen LogP contribution in [0.2, 0.25) is 0 Å². The van der Waals surface area contributed by atoms with Gasteiger partial charge in [-0.25, -0.2) is 0 Å². The molecular formula is C15H22N2S. The zero-order chi connectivity index (χ0) is 12.8. The molecule has 2 rings (SSSR count). The molecule has 2 nitrogen and oxygen atoms in total. The van der Waals surface area contributed by atoms with Crippen molar-refractivity contribution in [3.8, 4) is 0 Å². The van der Waals surface area contributed by atoms with Crippen molar-refractivity contribution in [2.75, 3.05) is 13.1 Å². The van der Waals surface area contributed by atoms with Gasteiger partial charge in [0.15, 0.2) is 0 Å². The van der Waals surface area contributed by atoms with E-state index in [1.807, 2.05) is 12.1 Å². The van der Waals surface area contributed by atoms with Crippen LogP contribution in [-0.4, -0.2) is 23.0 Å². The van der Waals surface area contributed by atoms with Crippen LogP contribution in [-0.2, 0) is 6.54 Å². The van der Waals surface area contributed by atoms with E-state index in [9.17, 15) is 0 Å². The summed E-state index contributed by atoms with van der Waals surface area (Å²) in [6.45, 7) is 3.38. The Morgan fingerprint density at radius 2 is 1.67 bits per heavy atom. The summed E-state index contributed by atoms with van der Waals surface area (Å²) in [7, 11) is 0. The molecule has 0 spiro atoms. The molecule has 1 saturated heterocycles. The first kappa shape index (κ1) is 13.5. The molecule has 1 aromatic rings. The number of benzene rings is 1.